The SMILES string of the molecule is OC[C@@H]1OC(Cl)(c2ccccc2)O[C@H]1[C@@H]1OC(Cl)(c2ccccc2)OC[C@H]1O. The van der Waals surface area contributed by atoms with Gasteiger partial charge in [-0.25, -0.2) is 0 Å². The molecule has 0 saturated carbocycles. The van der Waals surface area contributed by atoms with Gasteiger partial charge in [0.2, 0.25) is 0 Å². The summed E-state index contributed by atoms with van der Waals surface area (Å²) in [6.07, 6.45) is -3.68. The van der Waals surface area contributed by atoms with Gasteiger partial charge in [-0.3, -0.25) is 0 Å². The summed E-state index contributed by atoms with van der Waals surface area (Å²) in [6.45, 7) is -0.457. The van der Waals surface area contributed by atoms with Crippen LogP contribution in [0, 0.1) is 0 Å². The number of benzene rings is 2. The van der Waals surface area contributed by atoms with E-state index < -0.39 is 34.9 Å². The summed E-state index contributed by atoms with van der Waals surface area (Å²) in [5.74, 6) is 0. The van der Waals surface area contributed by atoms with E-state index in [4.69, 9.17) is 42.1 Å². The van der Waals surface area contributed by atoms with Crippen LogP contribution in [0.1, 0.15) is 11.1 Å². The molecule has 2 heterocycles. The zero-order chi connectivity index (χ0) is 19.8. The van der Waals surface area contributed by atoms with E-state index in [0.717, 1.165) is 0 Å². The minimum atomic E-state index is -1.61. The van der Waals surface area contributed by atoms with Crippen molar-refractivity contribution in [2.45, 2.75) is 34.9 Å². The molecule has 0 amide bonds. The molecule has 28 heavy (non-hydrogen) atoms. The van der Waals surface area contributed by atoms with Gasteiger partial charge in [0.15, 0.2) is 0 Å². The summed E-state index contributed by atoms with van der Waals surface area (Å²) in [5, 5.41) is 17.1. The number of hydrogen-bond acceptors (Lipinski definition) is 6. The first-order valence-electron chi connectivity index (χ1n) is 8.90. The summed E-state index contributed by atoms with van der Waals surface area (Å²) >= 11 is 13.1. The molecule has 2 aromatic rings. The topological polar surface area (TPSA) is 77.4 Å². The highest BCUT2D eigenvalue weighted by Gasteiger charge is 2.55. The molecule has 2 aliphatic rings. The number of aliphatic hydroxyl groups is 2. The average molecular weight is 427 g/mol. The second kappa shape index (κ2) is 7.89. The highest BCUT2D eigenvalue weighted by Crippen LogP contribution is 2.46. The van der Waals surface area contributed by atoms with Gasteiger partial charge in [-0.05, 0) is 0 Å². The van der Waals surface area contributed by atoms with Gasteiger partial charge in [0.25, 0.3) is 10.5 Å². The highest BCUT2D eigenvalue weighted by atomic mass is 35.5. The van der Waals surface area contributed by atoms with Crippen LogP contribution in [0.3, 0.4) is 0 Å². The van der Waals surface area contributed by atoms with Gasteiger partial charge in [-0.2, -0.15) is 0 Å². The van der Waals surface area contributed by atoms with Crippen molar-refractivity contribution in [1.82, 2.24) is 0 Å². The molecular formula is C20H20Cl2O6. The van der Waals surface area contributed by atoms with Crippen molar-refractivity contribution in [1.29, 1.82) is 0 Å². The number of rotatable bonds is 4. The Hall–Kier alpha value is -1.22. The van der Waals surface area contributed by atoms with Crippen molar-refractivity contribution in [3.05, 3.63) is 71.8 Å². The maximum Gasteiger partial charge on any atom is 0.277 e. The first-order chi connectivity index (χ1) is 13.5. The third kappa shape index (κ3) is 3.67. The summed E-state index contributed by atoms with van der Waals surface area (Å²) in [7, 11) is 0. The Morgan fingerprint density at radius 3 is 1.93 bits per heavy atom. The van der Waals surface area contributed by atoms with Gasteiger partial charge < -0.3 is 29.2 Å². The van der Waals surface area contributed by atoms with Crippen LogP contribution in [-0.2, 0) is 29.4 Å². The summed E-state index contributed by atoms with van der Waals surface area (Å²) in [5.41, 5.74) is 1.15. The van der Waals surface area contributed by atoms with E-state index in [1.54, 1.807) is 48.5 Å². The predicted octanol–water partition coefficient (Wildman–Crippen LogP) is 2.64. The first-order valence-corrected chi connectivity index (χ1v) is 9.66. The van der Waals surface area contributed by atoms with Crippen LogP contribution >= 0.6 is 23.2 Å². The predicted molar refractivity (Wildman–Crippen MR) is 102 cm³/mol. The Labute approximate surface area is 172 Å². The normalized spacial score (nSPS) is 38.4. The number of hydrogen-bond donors (Lipinski definition) is 2. The number of alkyl halides is 2. The van der Waals surface area contributed by atoms with E-state index in [0.29, 0.717) is 11.1 Å². The van der Waals surface area contributed by atoms with Crippen molar-refractivity contribution in [2.24, 2.45) is 0 Å². The maximum absolute atomic E-state index is 10.5. The number of aliphatic hydroxyl groups excluding tert-OH is 2. The van der Waals surface area contributed by atoms with Crippen LogP contribution < -0.4 is 0 Å². The number of ether oxygens (including phenoxy) is 4. The maximum atomic E-state index is 10.5. The molecule has 4 rings (SSSR count). The van der Waals surface area contributed by atoms with E-state index in [1.165, 1.54) is 0 Å². The molecule has 2 fully saturated rings. The fourth-order valence-electron chi connectivity index (χ4n) is 3.38. The summed E-state index contributed by atoms with van der Waals surface area (Å²) < 4.78 is 23.2. The van der Waals surface area contributed by atoms with Crippen LogP contribution in [0.2, 0.25) is 0 Å². The zero-order valence-electron chi connectivity index (χ0n) is 14.8. The van der Waals surface area contributed by atoms with Gasteiger partial charge in [0.1, 0.15) is 24.4 Å². The highest BCUT2D eigenvalue weighted by molar-refractivity contribution is 6.22. The molecule has 0 aliphatic carbocycles. The lowest BCUT2D eigenvalue weighted by Crippen LogP contribution is -2.55. The molecule has 2 unspecified atom stereocenters. The second-order valence-corrected chi connectivity index (χ2v) is 7.68. The minimum absolute atomic E-state index is 0.0817. The summed E-state index contributed by atoms with van der Waals surface area (Å²) in [6, 6.07) is 17.9. The number of halogens is 2. The fraction of sp³-hybridized carbons (Fsp3) is 0.400. The molecule has 2 aliphatic heterocycles. The molecule has 0 aromatic heterocycles. The van der Waals surface area contributed by atoms with Crippen LogP contribution in [0.5, 0.6) is 0 Å². The first kappa shape index (κ1) is 20.1. The van der Waals surface area contributed by atoms with Crippen molar-refractivity contribution < 1.29 is 29.2 Å². The molecule has 6 nitrogen and oxygen atoms in total. The Balaban J connectivity index is 1.61. The lowest BCUT2D eigenvalue weighted by Gasteiger charge is -2.41. The monoisotopic (exact) mass is 426 g/mol. The Kier molecular flexibility index (Phi) is 5.66. The second-order valence-electron chi connectivity index (χ2n) is 6.69. The van der Waals surface area contributed by atoms with Gasteiger partial charge >= 0.3 is 0 Å². The van der Waals surface area contributed by atoms with Crippen molar-refractivity contribution in [2.75, 3.05) is 13.2 Å². The Morgan fingerprint density at radius 2 is 1.36 bits per heavy atom. The van der Waals surface area contributed by atoms with E-state index in [9.17, 15) is 10.2 Å². The molecule has 0 spiro atoms. The summed E-state index contributed by atoms with van der Waals surface area (Å²) in [4.78, 5) is 0. The molecule has 2 aromatic carbocycles. The van der Waals surface area contributed by atoms with Gasteiger partial charge in [0.05, 0.1) is 13.2 Å². The average Bonchev–Trinajstić information content (AvgIpc) is 3.09. The molecule has 150 valence electrons. The molecule has 0 radical (unpaired) electrons. The lowest BCUT2D eigenvalue weighted by molar-refractivity contribution is -0.305. The van der Waals surface area contributed by atoms with E-state index >= 15 is 0 Å². The molecule has 2 N–H and O–H groups in total. The van der Waals surface area contributed by atoms with E-state index in [-0.39, 0.29) is 13.2 Å². The van der Waals surface area contributed by atoms with Crippen molar-refractivity contribution >= 4 is 23.2 Å². The molecule has 2 saturated heterocycles. The largest absolute Gasteiger partial charge is 0.394 e. The zero-order valence-corrected chi connectivity index (χ0v) is 16.3. The van der Waals surface area contributed by atoms with E-state index in [2.05, 4.69) is 0 Å². The molecule has 8 heteroatoms. The van der Waals surface area contributed by atoms with Gasteiger partial charge in [0, 0.05) is 11.1 Å². The van der Waals surface area contributed by atoms with Crippen molar-refractivity contribution in [3.8, 4) is 0 Å². The third-order valence-electron chi connectivity index (χ3n) is 4.80. The third-order valence-corrected chi connectivity index (χ3v) is 5.62. The molecule has 0 bridgehead atoms. The lowest BCUT2D eigenvalue weighted by atomic mass is 10.0. The van der Waals surface area contributed by atoms with Crippen molar-refractivity contribution in [3.63, 3.8) is 0 Å². The van der Waals surface area contributed by atoms with Crippen LogP contribution in [-0.4, -0.2) is 47.8 Å². The quantitative estimate of drug-likeness (QED) is 0.731. The fourth-order valence-corrected chi connectivity index (χ4v) is 4.02. The smallest absolute Gasteiger partial charge is 0.277 e. The van der Waals surface area contributed by atoms with E-state index in [1.807, 2.05) is 12.1 Å². The molecular weight excluding hydrogens is 407 g/mol. The Morgan fingerprint density at radius 1 is 0.821 bits per heavy atom. The van der Waals surface area contributed by atoms with Crippen LogP contribution in [0.15, 0.2) is 60.7 Å². The van der Waals surface area contributed by atoms with Gasteiger partial charge in [-0.15, -0.1) is 0 Å². The Bertz CT molecular complexity index is 754. The van der Waals surface area contributed by atoms with Gasteiger partial charge in [-0.1, -0.05) is 83.9 Å². The molecule has 6 atom stereocenters. The standard InChI is InChI=1S/C20H20Cl2O6/c21-19(13-7-3-1-4-8-13)25-12-15(24)17(27-19)18-16(11-23)26-20(22,28-18)14-9-5-2-6-10-14/h1-10,15-18,23-24H,11-12H2/t15-,16+,17-,18-,19?,20?/m1/s1. The minimum Gasteiger partial charge on any atom is -0.394 e. The van der Waals surface area contributed by atoms with Crippen LogP contribution in [0.4, 0.5) is 0 Å². The van der Waals surface area contributed by atoms with Crippen LogP contribution in [0.25, 0.3) is 0 Å².